The Morgan fingerprint density at radius 3 is 2.90 bits per heavy atom. The molecule has 20 heavy (non-hydrogen) atoms. The fourth-order valence-corrected chi connectivity index (χ4v) is 2.23. The highest BCUT2D eigenvalue weighted by atomic mass is 16.5. The molecule has 0 aliphatic carbocycles. The smallest absolute Gasteiger partial charge is 0.0746 e. The quantitative estimate of drug-likeness (QED) is 0.775. The summed E-state index contributed by atoms with van der Waals surface area (Å²) in [5.74, 6) is 0. The number of para-hydroxylation sites is 1. The molecule has 0 N–H and O–H groups in total. The molecule has 104 valence electrons. The number of methoxy groups -OCH3 is 1. The van der Waals surface area contributed by atoms with Crippen molar-refractivity contribution < 1.29 is 4.74 Å². The van der Waals surface area contributed by atoms with Gasteiger partial charge in [0.15, 0.2) is 0 Å². The van der Waals surface area contributed by atoms with E-state index >= 15 is 0 Å². The predicted molar refractivity (Wildman–Crippen MR) is 79.1 cm³/mol. The van der Waals surface area contributed by atoms with Crippen molar-refractivity contribution in [1.82, 2.24) is 9.88 Å². The Morgan fingerprint density at radius 2 is 2.10 bits per heavy atom. The molecule has 2 aromatic rings. The number of nitriles is 1. The third-order valence-corrected chi connectivity index (χ3v) is 3.26. The van der Waals surface area contributed by atoms with E-state index in [0.29, 0.717) is 13.0 Å². The van der Waals surface area contributed by atoms with Gasteiger partial charge in [0.2, 0.25) is 0 Å². The number of hydrogen-bond acceptors (Lipinski definition) is 4. The third-order valence-electron chi connectivity index (χ3n) is 3.26. The summed E-state index contributed by atoms with van der Waals surface area (Å²) in [6, 6.07) is 12.4. The molecule has 0 saturated heterocycles. The first-order chi connectivity index (χ1) is 9.85. The molecule has 0 fully saturated rings. The number of aromatic nitrogens is 1. The zero-order valence-electron chi connectivity index (χ0n) is 11.7. The van der Waals surface area contributed by atoms with Gasteiger partial charge in [-0.05, 0) is 11.6 Å². The van der Waals surface area contributed by atoms with Crippen molar-refractivity contribution in [2.24, 2.45) is 0 Å². The van der Waals surface area contributed by atoms with Gasteiger partial charge < -0.3 is 4.74 Å². The summed E-state index contributed by atoms with van der Waals surface area (Å²) in [6.07, 6.45) is 2.35. The molecule has 1 aromatic carbocycles. The number of nitrogens with zero attached hydrogens (tertiary/aromatic N) is 3. The maximum absolute atomic E-state index is 8.76. The van der Waals surface area contributed by atoms with E-state index < -0.39 is 0 Å². The third kappa shape index (κ3) is 3.77. The number of hydrogen-bond donors (Lipinski definition) is 0. The van der Waals surface area contributed by atoms with Crippen LogP contribution < -0.4 is 0 Å². The summed E-state index contributed by atoms with van der Waals surface area (Å²) in [5, 5.41) is 9.91. The number of fused-ring (bicyclic) bond motifs is 1. The average Bonchev–Trinajstić information content (AvgIpc) is 2.50. The molecular weight excluding hydrogens is 250 g/mol. The summed E-state index contributed by atoms with van der Waals surface area (Å²) in [4.78, 5) is 6.70. The lowest BCUT2D eigenvalue weighted by atomic mass is 10.1. The lowest BCUT2D eigenvalue weighted by Gasteiger charge is -2.21. The summed E-state index contributed by atoms with van der Waals surface area (Å²) >= 11 is 0. The zero-order chi connectivity index (χ0) is 14.2. The van der Waals surface area contributed by atoms with Crippen LogP contribution in [0.15, 0.2) is 36.5 Å². The maximum Gasteiger partial charge on any atom is 0.0746 e. The first-order valence-electron chi connectivity index (χ1n) is 6.76. The van der Waals surface area contributed by atoms with Gasteiger partial charge in [-0.15, -0.1) is 0 Å². The summed E-state index contributed by atoms with van der Waals surface area (Å²) < 4.78 is 5.14. The second-order valence-electron chi connectivity index (χ2n) is 4.67. The van der Waals surface area contributed by atoms with Gasteiger partial charge in [0.25, 0.3) is 0 Å². The van der Waals surface area contributed by atoms with E-state index in [2.05, 4.69) is 40.2 Å². The van der Waals surface area contributed by atoms with Crippen molar-refractivity contribution in [3.05, 3.63) is 42.1 Å². The van der Waals surface area contributed by atoms with Crippen molar-refractivity contribution in [3.8, 4) is 6.07 Å². The van der Waals surface area contributed by atoms with Gasteiger partial charge in [-0.25, -0.2) is 0 Å². The SMILES string of the molecule is COCCN(CCC#N)Cc1cccc2cccnc12. The summed E-state index contributed by atoms with van der Waals surface area (Å²) in [6.45, 7) is 3.04. The molecular formula is C16H19N3O. The summed E-state index contributed by atoms with van der Waals surface area (Å²) in [5.41, 5.74) is 2.23. The van der Waals surface area contributed by atoms with Crippen molar-refractivity contribution in [3.63, 3.8) is 0 Å². The molecule has 0 aliphatic rings. The van der Waals surface area contributed by atoms with E-state index in [4.69, 9.17) is 10.00 Å². The van der Waals surface area contributed by atoms with Crippen LogP contribution >= 0.6 is 0 Å². The Kier molecular flexibility index (Phi) is 5.48. The molecule has 0 saturated carbocycles. The topological polar surface area (TPSA) is 49.1 Å². The van der Waals surface area contributed by atoms with Gasteiger partial charge >= 0.3 is 0 Å². The van der Waals surface area contributed by atoms with Crippen molar-refractivity contribution in [2.45, 2.75) is 13.0 Å². The van der Waals surface area contributed by atoms with Crippen LogP contribution in [0.1, 0.15) is 12.0 Å². The minimum Gasteiger partial charge on any atom is -0.383 e. The number of rotatable bonds is 7. The van der Waals surface area contributed by atoms with Crippen LogP contribution in [0, 0.1) is 11.3 Å². The van der Waals surface area contributed by atoms with Crippen LogP contribution in [-0.4, -0.2) is 36.7 Å². The molecule has 0 unspecified atom stereocenters. The molecule has 1 aromatic heterocycles. The highest BCUT2D eigenvalue weighted by Crippen LogP contribution is 2.17. The van der Waals surface area contributed by atoms with Crippen molar-refractivity contribution in [2.75, 3.05) is 26.8 Å². The average molecular weight is 269 g/mol. The molecule has 4 nitrogen and oxygen atoms in total. The monoisotopic (exact) mass is 269 g/mol. The fourth-order valence-electron chi connectivity index (χ4n) is 2.23. The number of pyridine rings is 1. The van der Waals surface area contributed by atoms with Crippen LogP contribution in [-0.2, 0) is 11.3 Å². The predicted octanol–water partition coefficient (Wildman–Crippen LogP) is 2.60. The maximum atomic E-state index is 8.76. The molecule has 0 bridgehead atoms. The molecule has 0 radical (unpaired) electrons. The standard InChI is InChI=1S/C16H19N3O/c1-20-12-11-19(10-4-8-17)13-15-6-2-5-14-7-3-9-18-16(14)15/h2-3,5-7,9H,4,10-13H2,1H3. The molecule has 0 aliphatic heterocycles. The van der Waals surface area contributed by atoms with Gasteiger partial charge in [-0.1, -0.05) is 24.3 Å². The largest absolute Gasteiger partial charge is 0.383 e. The lowest BCUT2D eigenvalue weighted by molar-refractivity contribution is 0.145. The Bertz CT molecular complexity index is 586. The minimum absolute atomic E-state index is 0.530. The van der Waals surface area contributed by atoms with E-state index in [-0.39, 0.29) is 0 Å². The molecule has 0 spiro atoms. The Labute approximate surface area is 119 Å². The van der Waals surface area contributed by atoms with Crippen LogP contribution in [0.5, 0.6) is 0 Å². The van der Waals surface area contributed by atoms with E-state index in [0.717, 1.165) is 30.5 Å². The van der Waals surface area contributed by atoms with E-state index in [1.54, 1.807) is 7.11 Å². The van der Waals surface area contributed by atoms with Crippen LogP contribution in [0.2, 0.25) is 0 Å². The van der Waals surface area contributed by atoms with E-state index in [9.17, 15) is 0 Å². The van der Waals surface area contributed by atoms with Gasteiger partial charge in [-0.2, -0.15) is 5.26 Å². The van der Waals surface area contributed by atoms with Gasteiger partial charge in [0, 0.05) is 44.7 Å². The van der Waals surface area contributed by atoms with Gasteiger partial charge in [0.1, 0.15) is 0 Å². The van der Waals surface area contributed by atoms with Crippen LogP contribution in [0.25, 0.3) is 10.9 Å². The summed E-state index contributed by atoms with van der Waals surface area (Å²) in [7, 11) is 1.70. The van der Waals surface area contributed by atoms with Gasteiger partial charge in [-0.3, -0.25) is 9.88 Å². The molecule has 0 amide bonds. The highest BCUT2D eigenvalue weighted by molar-refractivity contribution is 5.81. The Balaban J connectivity index is 2.17. The van der Waals surface area contributed by atoms with Crippen LogP contribution in [0.4, 0.5) is 0 Å². The van der Waals surface area contributed by atoms with Gasteiger partial charge in [0.05, 0.1) is 18.2 Å². The lowest BCUT2D eigenvalue weighted by Crippen LogP contribution is -2.28. The Morgan fingerprint density at radius 1 is 1.25 bits per heavy atom. The number of benzene rings is 1. The molecule has 1 heterocycles. The second-order valence-corrected chi connectivity index (χ2v) is 4.67. The Hall–Kier alpha value is -1.96. The first kappa shape index (κ1) is 14.4. The highest BCUT2D eigenvalue weighted by Gasteiger charge is 2.08. The first-order valence-corrected chi connectivity index (χ1v) is 6.76. The van der Waals surface area contributed by atoms with Crippen molar-refractivity contribution >= 4 is 10.9 Å². The molecule has 4 heteroatoms. The fraction of sp³-hybridized carbons (Fsp3) is 0.375. The van der Waals surface area contributed by atoms with E-state index in [1.807, 2.05) is 12.3 Å². The molecule has 0 atom stereocenters. The minimum atomic E-state index is 0.530. The van der Waals surface area contributed by atoms with E-state index in [1.165, 1.54) is 5.56 Å². The van der Waals surface area contributed by atoms with Crippen molar-refractivity contribution in [1.29, 1.82) is 5.26 Å². The second kappa shape index (κ2) is 7.59. The zero-order valence-corrected chi connectivity index (χ0v) is 11.7. The molecule has 2 rings (SSSR count). The number of ether oxygens (including phenoxy) is 1. The normalized spacial score (nSPS) is 10.8. The van der Waals surface area contributed by atoms with Crippen LogP contribution in [0.3, 0.4) is 0 Å².